The smallest absolute Gasteiger partial charge is 0.257 e. The number of aromatic nitrogens is 3. The normalized spacial score (nSPS) is 19.6. The molecule has 19 heavy (non-hydrogen) atoms. The standard InChI is InChI=1S/C12H14N4O3/c1-8-13-11(15-14-8)10-6-16(3-5-19-10)12(17)9-2-4-18-7-9/h2,4,7,10H,3,5-6H2,1H3,(H,13,14,15). The highest BCUT2D eigenvalue weighted by Crippen LogP contribution is 2.20. The number of amides is 1. The van der Waals surface area contributed by atoms with Crippen molar-refractivity contribution in [3.63, 3.8) is 0 Å². The van der Waals surface area contributed by atoms with Crippen molar-refractivity contribution in [2.45, 2.75) is 13.0 Å². The van der Waals surface area contributed by atoms with Gasteiger partial charge in [-0.25, -0.2) is 4.98 Å². The van der Waals surface area contributed by atoms with Crippen LogP contribution < -0.4 is 0 Å². The van der Waals surface area contributed by atoms with Crippen LogP contribution in [0.25, 0.3) is 0 Å². The number of hydrogen-bond acceptors (Lipinski definition) is 5. The van der Waals surface area contributed by atoms with Crippen LogP contribution in [0.1, 0.15) is 28.1 Å². The van der Waals surface area contributed by atoms with E-state index in [-0.39, 0.29) is 12.0 Å². The lowest BCUT2D eigenvalue weighted by atomic mass is 10.2. The zero-order chi connectivity index (χ0) is 13.2. The molecule has 0 saturated carbocycles. The molecule has 1 amide bonds. The number of furan rings is 1. The summed E-state index contributed by atoms with van der Waals surface area (Å²) in [5.74, 6) is 1.26. The number of aromatic amines is 1. The molecule has 7 heteroatoms. The van der Waals surface area contributed by atoms with Gasteiger partial charge in [0.15, 0.2) is 5.82 Å². The van der Waals surface area contributed by atoms with Gasteiger partial charge in [-0.15, -0.1) is 0 Å². The van der Waals surface area contributed by atoms with E-state index < -0.39 is 0 Å². The van der Waals surface area contributed by atoms with Crippen LogP contribution in [-0.4, -0.2) is 45.7 Å². The van der Waals surface area contributed by atoms with Crippen molar-refractivity contribution in [3.8, 4) is 0 Å². The average molecular weight is 262 g/mol. The SMILES string of the molecule is Cc1nc(C2CN(C(=O)c3ccoc3)CCO2)n[nH]1. The van der Waals surface area contributed by atoms with Crippen LogP contribution in [0.15, 0.2) is 23.0 Å². The van der Waals surface area contributed by atoms with Crippen LogP contribution in [0.5, 0.6) is 0 Å². The molecule has 3 heterocycles. The van der Waals surface area contributed by atoms with Gasteiger partial charge in [0.25, 0.3) is 5.91 Å². The Morgan fingerprint density at radius 1 is 1.58 bits per heavy atom. The summed E-state index contributed by atoms with van der Waals surface area (Å²) in [5.41, 5.74) is 0.548. The fourth-order valence-corrected chi connectivity index (χ4v) is 2.06. The Morgan fingerprint density at radius 2 is 2.47 bits per heavy atom. The number of carbonyl (C=O) groups is 1. The first kappa shape index (κ1) is 11.9. The van der Waals surface area contributed by atoms with Crippen LogP contribution in [0.4, 0.5) is 0 Å². The minimum absolute atomic E-state index is 0.0608. The third kappa shape index (κ3) is 2.37. The second kappa shape index (κ2) is 4.85. The van der Waals surface area contributed by atoms with Gasteiger partial charge in [0.05, 0.1) is 25.0 Å². The summed E-state index contributed by atoms with van der Waals surface area (Å²) in [5, 5.41) is 6.86. The zero-order valence-corrected chi connectivity index (χ0v) is 10.5. The molecule has 0 aliphatic carbocycles. The topological polar surface area (TPSA) is 84.2 Å². The molecule has 1 atom stereocenters. The van der Waals surface area contributed by atoms with Crippen LogP contribution in [0, 0.1) is 6.92 Å². The molecule has 1 fully saturated rings. The molecule has 0 radical (unpaired) electrons. The van der Waals surface area contributed by atoms with Crippen molar-refractivity contribution in [1.82, 2.24) is 20.1 Å². The van der Waals surface area contributed by atoms with Crippen molar-refractivity contribution in [1.29, 1.82) is 0 Å². The third-order valence-electron chi connectivity index (χ3n) is 3.02. The molecule has 7 nitrogen and oxygen atoms in total. The molecular weight excluding hydrogens is 248 g/mol. The van der Waals surface area contributed by atoms with E-state index in [4.69, 9.17) is 9.15 Å². The molecular formula is C12H14N4O3. The Balaban J connectivity index is 1.73. The lowest BCUT2D eigenvalue weighted by molar-refractivity contribution is -0.0266. The highest BCUT2D eigenvalue weighted by atomic mass is 16.5. The van der Waals surface area contributed by atoms with E-state index in [0.717, 1.165) is 5.82 Å². The van der Waals surface area contributed by atoms with Gasteiger partial charge in [-0.1, -0.05) is 0 Å². The van der Waals surface area contributed by atoms with E-state index >= 15 is 0 Å². The van der Waals surface area contributed by atoms with Crippen molar-refractivity contribution in [2.24, 2.45) is 0 Å². The maximum atomic E-state index is 12.2. The summed E-state index contributed by atoms with van der Waals surface area (Å²) < 4.78 is 10.5. The maximum Gasteiger partial charge on any atom is 0.257 e. The Labute approximate surface area is 109 Å². The van der Waals surface area contributed by atoms with Gasteiger partial charge in [0.2, 0.25) is 0 Å². The number of nitrogens with one attached hydrogen (secondary N) is 1. The lowest BCUT2D eigenvalue weighted by Crippen LogP contribution is -2.42. The first-order valence-electron chi connectivity index (χ1n) is 6.06. The average Bonchev–Trinajstić information content (AvgIpc) is 3.09. The van der Waals surface area contributed by atoms with Crippen LogP contribution in [0.2, 0.25) is 0 Å². The number of carbonyl (C=O) groups excluding carboxylic acids is 1. The minimum Gasteiger partial charge on any atom is -0.472 e. The van der Waals surface area contributed by atoms with E-state index in [0.29, 0.717) is 31.1 Å². The fraction of sp³-hybridized carbons (Fsp3) is 0.417. The fourth-order valence-electron chi connectivity index (χ4n) is 2.06. The number of ether oxygens (including phenoxy) is 1. The van der Waals surface area contributed by atoms with Crippen LogP contribution in [-0.2, 0) is 4.74 Å². The molecule has 1 N–H and O–H groups in total. The number of H-pyrrole nitrogens is 1. The summed E-state index contributed by atoms with van der Waals surface area (Å²) in [6.07, 6.45) is 2.66. The zero-order valence-electron chi connectivity index (χ0n) is 10.5. The van der Waals surface area contributed by atoms with E-state index in [1.165, 1.54) is 12.5 Å². The lowest BCUT2D eigenvalue weighted by Gasteiger charge is -2.31. The molecule has 1 aliphatic heterocycles. The monoisotopic (exact) mass is 262 g/mol. The molecule has 1 saturated heterocycles. The first-order valence-corrected chi connectivity index (χ1v) is 6.06. The predicted molar refractivity (Wildman–Crippen MR) is 64.4 cm³/mol. The Morgan fingerprint density at radius 3 is 3.16 bits per heavy atom. The minimum atomic E-state index is -0.283. The van der Waals surface area contributed by atoms with Crippen molar-refractivity contribution in [3.05, 3.63) is 35.8 Å². The summed E-state index contributed by atoms with van der Waals surface area (Å²) >= 11 is 0. The van der Waals surface area contributed by atoms with Gasteiger partial charge < -0.3 is 14.1 Å². The Bertz CT molecular complexity index is 563. The van der Waals surface area contributed by atoms with E-state index in [2.05, 4.69) is 15.2 Å². The predicted octanol–water partition coefficient (Wildman–Crippen LogP) is 0.920. The number of hydrogen-bond donors (Lipinski definition) is 1. The number of aryl methyl sites for hydroxylation is 1. The molecule has 1 aliphatic rings. The quantitative estimate of drug-likeness (QED) is 0.870. The van der Waals surface area contributed by atoms with Gasteiger partial charge in [-0.3, -0.25) is 9.89 Å². The molecule has 1 unspecified atom stereocenters. The van der Waals surface area contributed by atoms with E-state index in [1.807, 2.05) is 6.92 Å². The second-order valence-electron chi connectivity index (χ2n) is 4.40. The summed E-state index contributed by atoms with van der Waals surface area (Å²) in [4.78, 5) is 18.2. The van der Waals surface area contributed by atoms with Crippen molar-refractivity contribution >= 4 is 5.91 Å². The molecule has 3 rings (SSSR count). The van der Waals surface area contributed by atoms with Crippen molar-refractivity contribution < 1.29 is 13.9 Å². The van der Waals surface area contributed by atoms with Gasteiger partial charge in [0, 0.05) is 6.54 Å². The van der Waals surface area contributed by atoms with E-state index in [9.17, 15) is 4.79 Å². The molecule has 0 bridgehead atoms. The molecule has 2 aromatic heterocycles. The van der Waals surface area contributed by atoms with Gasteiger partial charge >= 0.3 is 0 Å². The Kier molecular flexibility index (Phi) is 3.04. The number of rotatable bonds is 2. The summed E-state index contributed by atoms with van der Waals surface area (Å²) in [6, 6.07) is 1.66. The largest absolute Gasteiger partial charge is 0.472 e. The van der Waals surface area contributed by atoms with Gasteiger partial charge in [-0.05, 0) is 13.0 Å². The maximum absolute atomic E-state index is 12.2. The third-order valence-corrected chi connectivity index (χ3v) is 3.02. The summed E-state index contributed by atoms with van der Waals surface area (Å²) in [6.45, 7) is 3.31. The van der Waals surface area contributed by atoms with Crippen LogP contribution in [0.3, 0.4) is 0 Å². The molecule has 2 aromatic rings. The summed E-state index contributed by atoms with van der Waals surface area (Å²) in [7, 11) is 0. The highest BCUT2D eigenvalue weighted by molar-refractivity contribution is 5.93. The second-order valence-corrected chi connectivity index (χ2v) is 4.40. The van der Waals surface area contributed by atoms with Gasteiger partial charge in [-0.2, -0.15) is 5.10 Å². The van der Waals surface area contributed by atoms with E-state index in [1.54, 1.807) is 11.0 Å². The van der Waals surface area contributed by atoms with Crippen molar-refractivity contribution in [2.75, 3.05) is 19.7 Å². The highest BCUT2D eigenvalue weighted by Gasteiger charge is 2.28. The number of morpholine rings is 1. The first-order chi connectivity index (χ1) is 9.24. The molecule has 0 spiro atoms. The molecule has 0 aromatic carbocycles. The Hall–Kier alpha value is -2.15. The van der Waals surface area contributed by atoms with Crippen LogP contribution >= 0.6 is 0 Å². The number of nitrogens with zero attached hydrogens (tertiary/aromatic N) is 3. The molecule has 100 valence electrons. The van der Waals surface area contributed by atoms with Gasteiger partial charge in [0.1, 0.15) is 18.2 Å².